The van der Waals surface area contributed by atoms with Crippen molar-refractivity contribution >= 4 is 61.5 Å². The predicted octanol–water partition coefficient (Wildman–Crippen LogP) is 4.82. The molecule has 1 aromatic carbocycles. The maximum absolute atomic E-state index is 6.24. The van der Waals surface area contributed by atoms with Gasteiger partial charge in [0.1, 0.15) is 0 Å². The van der Waals surface area contributed by atoms with Gasteiger partial charge in [0, 0.05) is 18.4 Å². The lowest BCUT2D eigenvalue weighted by Crippen LogP contribution is -2.13. The number of rotatable bonds is 2. The normalized spacial score (nSPS) is 12.8. The standard InChI is InChI=1S/C11H8BrClINS/c12-9-5-16-4-8(9)11(15)7-3-6(13)1-2-10(7)14/h1-5,11H,15H2. The van der Waals surface area contributed by atoms with Gasteiger partial charge in [0.2, 0.25) is 0 Å². The van der Waals surface area contributed by atoms with Crippen LogP contribution < -0.4 is 5.73 Å². The van der Waals surface area contributed by atoms with E-state index in [0.29, 0.717) is 0 Å². The highest BCUT2D eigenvalue weighted by atomic mass is 127. The van der Waals surface area contributed by atoms with Crippen molar-refractivity contribution in [2.45, 2.75) is 6.04 Å². The van der Waals surface area contributed by atoms with E-state index < -0.39 is 0 Å². The van der Waals surface area contributed by atoms with E-state index in [9.17, 15) is 0 Å². The average Bonchev–Trinajstić information content (AvgIpc) is 2.67. The molecule has 1 atom stereocenters. The van der Waals surface area contributed by atoms with E-state index >= 15 is 0 Å². The monoisotopic (exact) mass is 427 g/mol. The lowest BCUT2D eigenvalue weighted by Gasteiger charge is -2.14. The third-order valence-corrected chi connectivity index (χ3v) is 5.24. The molecule has 1 heterocycles. The van der Waals surface area contributed by atoms with Gasteiger partial charge in [-0.25, -0.2) is 0 Å². The van der Waals surface area contributed by atoms with Crippen LogP contribution in [0.1, 0.15) is 17.2 Å². The summed E-state index contributed by atoms with van der Waals surface area (Å²) in [6.45, 7) is 0. The molecule has 0 bridgehead atoms. The van der Waals surface area contributed by atoms with Crippen LogP contribution in [-0.2, 0) is 0 Å². The zero-order valence-electron chi connectivity index (χ0n) is 8.08. The highest BCUT2D eigenvalue weighted by Crippen LogP contribution is 2.32. The molecular weight excluding hydrogens is 420 g/mol. The topological polar surface area (TPSA) is 26.0 Å². The summed E-state index contributed by atoms with van der Waals surface area (Å²) in [4.78, 5) is 0. The van der Waals surface area contributed by atoms with Crippen LogP contribution in [0, 0.1) is 3.57 Å². The predicted molar refractivity (Wildman–Crippen MR) is 82.2 cm³/mol. The van der Waals surface area contributed by atoms with Gasteiger partial charge in [0.15, 0.2) is 0 Å². The first-order valence-corrected chi connectivity index (χ1v) is 7.71. The minimum atomic E-state index is -0.133. The van der Waals surface area contributed by atoms with Gasteiger partial charge in [-0.1, -0.05) is 11.6 Å². The van der Waals surface area contributed by atoms with Gasteiger partial charge in [-0.3, -0.25) is 0 Å². The van der Waals surface area contributed by atoms with E-state index in [1.54, 1.807) is 11.3 Å². The molecular formula is C11H8BrClINS. The molecule has 0 aliphatic carbocycles. The SMILES string of the molecule is NC(c1cscc1Br)c1cc(Cl)ccc1I. The molecule has 16 heavy (non-hydrogen) atoms. The van der Waals surface area contributed by atoms with Crippen molar-refractivity contribution < 1.29 is 0 Å². The van der Waals surface area contributed by atoms with Crippen LogP contribution in [0.4, 0.5) is 0 Å². The smallest absolute Gasteiger partial charge is 0.0582 e. The summed E-state index contributed by atoms with van der Waals surface area (Å²) in [6.07, 6.45) is 0. The van der Waals surface area contributed by atoms with Crippen molar-refractivity contribution in [3.63, 3.8) is 0 Å². The first kappa shape index (κ1) is 12.8. The third kappa shape index (κ3) is 2.61. The molecule has 0 aliphatic rings. The Hall–Kier alpha value is 0.380. The Labute approximate surface area is 125 Å². The Kier molecular flexibility index (Phi) is 4.29. The van der Waals surface area contributed by atoms with E-state index in [0.717, 1.165) is 24.2 Å². The summed E-state index contributed by atoms with van der Waals surface area (Å²) in [5.74, 6) is 0. The van der Waals surface area contributed by atoms with Crippen LogP contribution in [0.25, 0.3) is 0 Å². The molecule has 0 fully saturated rings. The van der Waals surface area contributed by atoms with Gasteiger partial charge in [-0.05, 0) is 73.2 Å². The first-order chi connectivity index (χ1) is 7.59. The minimum Gasteiger partial charge on any atom is -0.320 e. The zero-order valence-corrected chi connectivity index (χ0v) is 13.4. The maximum atomic E-state index is 6.24. The first-order valence-electron chi connectivity index (χ1n) is 4.51. The second-order valence-electron chi connectivity index (χ2n) is 3.32. The lowest BCUT2D eigenvalue weighted by atomic mass is 10.0. The summed E-state index contributed by atoms with van der Waals surface area (Å²) in [5.41, 5.74) is 8.41. The van der Waals surface area contributed by atoms with Crippen LogP contribution >= 0.6 is 61.5 Å². The molecule has 0 aliphatic heterocycles. The number of nitrogens with two attached hydrogens (primary N) is 1. The molecule has 1 nitrogen and oxygen atoms in total. The number of hydrogen-bond acceptors (Lipinski definition) is 2. The molecule has 2 aromatic rings. The summed E-state index contributed by atoms with van der Waals surface area (Å²) >= 11 is 13.4. The van der Waals surface area contributed by atoms with Gasteiger partial charge in [0.05, 0.1) is 6.04 Å². The van der Waals surface area contributed by atoms with Crippen molar-refractivity contribution in [1.29, 1.82) is 0 Å². The Morgan fingerprint density at radius 3 is 2.69 bits per heavy atom. The Morgan fingerprint density at radius 1 is 1.31 bits per heavy atom. The molecule has 0 saturated carbocycles. The van der Waals surface area contributed by atoms with Crippen molar-refractivity contribution in [1.82, 2.24) is 0 Å². The Bertz CT molecular complexity index is 514. The van der Waals surface area contributed by atoms with Gasteiger partial charge < -0.3 is 5.73 Å². The van der Waals surface area contributed by atoms with E-state index in [-0.39, 0.29) is 6.04 Å². The van der Waals surface area contributed by atoms with Crippen LogP contribution in [-0.4, -0.2) is 0 Å². The molecule has 2 rings (SSSR count). The average molecular weight is 429 g/mol. The Morgan fingerprint density at radius 2 is 2.06 bits per heavy atom. The van der Waals surface area contributed by atoms with Gasteiger partial charge in [-0.15, -0.1) is 0 Å². The molecule has 0 radical (unpaired) electrons. The number of thiophene rings is 1. The molecule has 2 N–H and O–H groups in total. The third-order valence-electron chi connectivity index (χ3n) is 2.27. The quantitative estimate of drug-likeness (QED) is 0.682. The second kappa shape index (κ2) is 5.35. The molecule has 0 spiro atoms. The molecule has 0 saturated heterocycles. The van der Waals surface area contributed by atoms with Crippen LogP contribution in [0.3, 0.4) is 0 Å². The Balaban J connectivity index is 2.45. The highest BCUT2D eigenvalue weighted by molar-refractivity contribution is 14.1. The fraction of sp³-hybridized carbons (Fsp3) is 0.0909. The van der Waals surface area contributed by atoms with Crippen molar-refractivity contribution in [2.75, 3.05) is 0 Å². The van der Waals surface area contributed by atoms with E-state index in [1.165, 1.54) is 0 Å². The molecule has 5 heteroatoms. The highest BCUT2D eigenvalue weighted by Gasteiger charge is 2.15. The summed E-state index contributed by atoms with van der Waals surface area (Å²) in [7, 11) is 0. The molecule has 1 aromatic heterocycles. The van der Waals surface area contributed by atoms with Gasteiger partial charge in [0.25, 0.3) is 0 Å². The largest absolute Gasteiger partial charge is 0.320 e. The summed E-state index contributed by atoms with van der Waals surface area (Å²) < 4.78 is 2.19. The number of hydrogen-bond donors (Lipinski definition) is 1. The van der Waals surface area contributed by atoms with E-state index in [2.05, 4.69) is 43.9 Å². The van der Waals surface area contributed by atoms with Crippen LogP contribution in [0.15, 0.2) is 33.4 Å². The zero-order chi connectivity index (χ0) is 11.7. The van der Waals surface area contributed by atoms with Gasteiger partial charge >= 0.3 is 0 Å². The summed E-state index contributed by atoms with van der Waals surface area (Å²) in [5, 5.41) is 4.82. The fourth-order valence-corrected chi connectivity index (χ4v) is 3.87. The van der Waals surface area contributed by atoms with Crippen LogP contribution in [0.5, 0.6) is 0 Å². The minimum absolute atomic E-state index is 0.133. The summed E-state index contributed by atoms with van der Waals surface area (Å²) in [6, 6.07) is 5.66. The van der Waals surface area contributed by atoms with Crippen molar-refractivity contribution in [3.05, 3.63) is 53.2 Å². The molecule has 84 valence electrons. The second-order valence-corrected chi connectivity index (χ2v) is 6.52. The maximum Gasteiger partial charge on any atom is 0.0582 e. The van der Waals surface area contributed by atoms with Gasteiger partial charge in [-0.2, -0.15) is 11.3 Å². The van der Waals surface area contributed by atoms with E-state index in [1.807, 2.05) is 23.6 Å². The molecule has 0 amide bonds. The van der Waals surface area contributed by atoms with Crippen molar-refractivity contribution in [3.8, 4) is 0 Å². The molecule has 1 unspecified atom stereocenters. The number of halogens is 3. The van der Waals surface area contributed by atoms with Crippen molar-refractivity contribution in [2.24, 2.45) is 5.73 Å². The number of benzene rings is 1. The van der Waals surface area contributed by atoms with Crippen LogP contribution in [0.2, 0.25) is 5.02 Å². The van der Waals surface area contributed by atoms with E-state index in [4.69, 9.17) is 17.3 Å². The fourth-order valence-electron chi connectivity index (χ4n) is 1.43. The lowest BCUT2D eigenvalue weighted by molar-refractivity contribution is 0.866.